The van der Waals surface area contributed by atoms with E-state index in [1.807, 2.05) is 0 Å². The van der Waals surface area contributed by atoms with Crippen molar-refractivity contribution >= 4 is 22.8 Å². The molecule has 0 bridgehead atoms. The molecule has 3 heterocycles. The van der Waals surface area contributed by atoms with Gasteiger partial charge in [0.1, 0.15) is 17.2 Å². The zero-order valence-corrected chi connectivity index (χ0v) is 18.2. The van der Waals surface area contributed by atoms with E-state index in [1.54, 1.807) is 12.1 Å². The second-order valence-electron chi connectivity index (χ2n) is 7.48. The molecule has 0 aliphatic heterocycles. The highest BCUT2D eigenvalue weighted by atomic mass is 19.4. The minimum Gasteiger partial charge on any atom is -0.383 e. The Morgan fingerprint density at radius 2 is 1.63 bits per heavy atom. The third-order valence-corrected chi connectivity index (χ3v) is 4.99. The number of ether oxygens (including phenoxy) is 1. The van der Waals surface area contributed by atoms with Crippen LogP contribution in [0.1, 0.15) is 11.3 Å². The summed E-state index contributed by atoms with van der Waals surface area (Å²) >= 11 is 0. The summed E-state index contributed by atoms with van der Waals surface area (Å²) in [5.74, 6) is 0.126. The smallest absolute Gasteiger partial charge is 0.383 e. The minimum atomic E-state index is -4.75. The van der Waals surface area contributed by atoms with Crippen LogP contribution in [-0.4, -0.2) is 34.6 Å². The molecule has 2 N–H and O–H groups in total. The summed E-state index contributed by atoms with van der Waals surface area (Å²) in [7, 11) is 1.51. The first-order chi connectivity index (χ1) is 16.6. The lowest BCUT2D eigenvalue weighted by molar-refractivity contribution is -0.140. The molecule has 0 saturated heterocycles. The number of anilines is 3. The summed E-state index contributed by atoms with van der Waals surface area (Å²) in [5, 5.41) is 5.91. The average Bonchev–Trinajstić information content (AvgIpc) is 3.19. The molecule has 4 rings (SSSR count). The topological polar surface area (TPSA) is 63.5 Å². The van der Waals surface area contributed by atoms with Crippen molar-refractivity contribution < 1.29 is 31.1 Å². The van der Waals surface area contributed by atoms with Gasteiger partial charge >= 0.3 is 12.4 Å². The molecule has 0 aliphatic carbocycles. The Bertz CT molecular complexity index is 1310. The van der Waals surface area contributed by atoms with E-state index in [4.69, 9.17) is 4.74 Å². The van der Waals surface area contributed by atoms with E-state index >= 15 is 0 Å². The second-order valence-corrected chi connectivity index (χ2v) is 7.48. The molecule has 35 heavy (non-hydrogen) atoms. The molecule has 1 aromatic carbocycles. The van der Waals surface area contributed by atoms with Gasteiger partial charge in [0.25, 0.3) is 0 Å². The van der Waals surface area contributed by atoms with Crippen molar-refractivity contribution in [2.75, 3.05) is 30.9 Å². The summed E-state index contributed by atoms with van der Waals surface area (Å²) < 4.78 is 86.5. The van der Waals surface area contributed by atoms with Gasteiger partial charge in [0.15, 0.2) is 5.69 Å². The van der Waals surface area contributed by atoms with Gasteiger partial charge in [-0.3, -0.25) is 4.40 Å². The van der Waals surface area contributed by atoms with Crippen LogP contribution in [0.15, 0.2) is 60.8 Å². The zero-order valence-electron chi connectivity index (χ0n) is 18.2. The molecule has 0 spiro atoms. The van der Waals surface area contributed by atoms with E-state index < -0.39 is 23.6 Å². The van der Waals surface area contributed by atoms with Crippen LogP contribution >= 0.6 is 0 Å². The van der Waals surface area contributed by atoms with E-state index in [2.05, 4.69) is 20.6 Å². The summed E-state index contributed by atoms with van der Waals surface area (Å²) in [5.41, 5.74) is -1.43. The summed E-state index contributed by atoms with van der Waals surface area (Å²) in [6, 6.07) is 11.8. The lowest BCUT2D eigenvalue weighted by atomic mass is 10.2. The van der Waals surface area contributed by atoms with E-state index in [1.165, 1.54) is 48.0 Å². The zero-order chi connectivity index (χ0) is 25.2. The number of hydrogen-bond donors (Lipinski definition) is 2. The maximum absolute atomic E-state index is 13.9. The summed E-state index contributed by atoms with van der Waals surface area (Å²) in [6.45, 7) is 0.696. The van der Waals surface area contributed by atoms with Crippen LogP contribution in [0, 0.1) is 0 Å². The quantitative estimate of drug-likeness (QED) is 0.235. The maximum atomic E-state index is 13.9. The van der Waals surface area contributed by atoms with Crippen LogP contribution in [0.4, 0.5) is 43.5 Å². The number of halogens is 6. The first-order valence-electron chi connectivity index (χ1n) is 10.3. The van der Waals surface area contributed by atoms with Crippen LogP contribution in [0.3, 0.4) is 0 Å². The number of rotatable bonds is 7. The maximum Gasteiger partial charge on any atom is 0.435 e. The Morgan fingerprint density at radius 3 is 2.29 bits per heavy atom. The molecular formula is C23H19F6N5O. The molecule has 3 aromatic heterocycles. The molecule has 0 unspecified atom stereocenters. The molecule has 184 valence electrons. The number of benzene rings is 1. The number of fused-ring (bicyclic) bond motifs is 1. The lowest BCUT2D eigenvalue weighted by Crippen LogP contribution is -2.10. The monoisotopic (exact) mass is 495 g/mol. The minimum absolute atomic E-state index is 0.0344. The Morgan fingerprint density at radius 1 is 0.886 bits per heavy atom. The molecule has 0 aliphatic rings. The van der Waals surface area contributed by atoms with Crippen molar-refractivity contribution in [1.29, 1.82) is 0 Å². The van der Waals surface area contributed by atoms with Gasteiger partial charge in [0.2, 0.25) is 0 Å². The van der Waals surface area contributed by atoms with Crippen LogP contribution in [0.2, 0.25) is 0 Å². The van der Waals surface area contributed by atoms with Crippen molar-refractivity contribution in [1.82, 2.24) is 14.4 Å². The Kier molecular flexibility index (Phi) is 6.57. The van der Waals surface area contributed by atoms with Gasteiger partial charge in [-0.1, -0.05) is 6.07 Å². The molecular weight excluding hydrogens is 476 g/mol. The van der Waals surface area contributed by atoms with Crippen molar-refractivity contribution in [3.63, 3.8) is 0 Å². The number of nitrogens with zero attached hydrogens (tertiary/aromatic N) is 3. The third-order valence-electron chi connectivity index (χ3n) is 4.99. The van der Waals surface area contributed by atoms with Gasteiger partial charge in [-0.05, 0) is 42.5 Å². The molecule has 0 saturated carbocycles. The van der Waals surface area contributed by atoms with Gasteiger partial charge in [-0.15, -0.1) is 0 Å². The Hall–Kier alpha value is -3.80. The van der Waals surface area contributed by atoms with Crippen LogP contribution in [0.25, 0.3) is 17.0 Å². The predicted octanol–water partition coefficient (Wildman–Crippen LogP) is 6.24. The van der Waals surface area contributed by atoms with E-state index in [9.17, 15) is 26.3 Å². The normalized spacial score (nSPS) is 12.2. The SMILES string of the molecule is COCCNc1cc(Nc2ccc(C(F)(F)F)cc2)nc(-c2c(C(F)(F)F)nc3ccccn23)c1. The number of hydrogen-bond acceptors (Lipinski definition) is 5. The first kappa shape index (κ1) is 24.3. The summed E-state index contributed by atoms with van der Waals surface area (Å²) in [4.78, 5) is 8.07. The highest BCUT2D eigenvalue weighted by molar-refractivity contribution is 5.72. The fraction of sp³-hybridized carbons (Fsp3) is 0.217. The summed E-state index contributed by atoms with van der Waals surface area (Å²) in [6.07, 6.45) is -7.79. The lowest BCUT2D eigenvalue weighted by Gasteiger charge is -2.14. The fourth-order valence-corrected chi connectivity index (χ4v) is 3.44. The van der Waals surface area contributed by atoms with Gasteiger partial charge < -0.3 is 15.4 Å². The predicted molar refractivity (Wildman–Crippen MR) is 119 cm³/mol. The molecule has 12 heteroatoms. The number of aromatic nitrogens is 3. The number of methoxy groups -OCH3 is 1. The third kappa shape index (κ3) is 5.48. The molecule has 0 atom stereocenters. The molecule has 0 amide bonds. The average molecular weight is 495 g/mol. The van der Waals surface area contributed by atoms with Gasteiger partial charge in [0, 0.05) is 37.3 Å². The Labute approximate surface area is 195 Å². The van der Waals surface area contributed by atoms with E-state index in [0.29, 0.717) is 18.8 Å². The van der Waals surface area contributed by atoms with E-state index in [-0.39, 0.29) is 28.5 Å². The molecule has 0 fully saturated rings. The number of pyridine rings is 2. The number of imidazole rings is 1. The highest BCUT2D eigenvalue weighted by Gasteiger charge is 2.39. The Balaban J connectivity index is 1.80. The molecule has 6 nitrogen and oxygen atoms in total. The number of nitrogens with one attached hydrogen (secondary N) is 2. The van der Waals surface area contributed by atoms with Crippen LogP contribution < -0.4 is 10.6 Å². The molecule has 0 radical (unpaired) electrons. The first-order valence-corrected chi connectivity index (χ1v) is 10.3. The molecule has 4 aromatic rings. The van der Waals surface area contributed by atoms with Crippen molar-refractivity contribution in [3.05, 3.63) is 72.1 Å². The fourth-order valence-electron chi connectivity index (χ4n) is 3.44. The standard InChI is InChI=1S/C23H19F6N5O/c1-35-11-9-30-16-12-17(20-21(23(27,28)29)33-19-4-2-3-10-34(19)20)32-18(13-16)31-15-7-5-14(6-8-15)22(24,25)26/h2-8,10,12-13H,9,11H2,1H3,(H2,30,31,32). The highest BCUT2D eigenvalue weighted by Crippen LogP contribution is 2.38. The van der Waals surface area contributed by atoms with E-state index in [0.717, 1.165) is 12.1 Å². The number of alkyl halides is 6. The second kappa shape index (κ2) is 9.45. The van der Waals surface area contributed by atoms with Crippen molar-refractivity contribution in [3.8, 4) is 11.4 Å². The van der Waals surface area contributed by atoms with Crippen molar-refractivity contribution in [2.45, 2.75) is 12.4 Å². The van der Waals surface area contributed by atoms with Crippen molar-refractivity contribution in [2.24, 2.45) is 0 Å². The van der Waals surface area contributed by atoms with Gasteiger partial charge in [-0.25, -0.2) is 9.97 Å². The van der Waals surface area contributed by atoms with Gasteiger partial charge in [-0.2, -0.15) is 26.3 Å². The van der Waals surface area contributed by atoms with Crippen LogP contribution in [-0.2, 0) is 17.1 Å². The van der Waals surface area contributed by atoms with Gasteiger partial charge in [0.05, 0.1) is 17.9 Å². The van der Waals surface area contributed by atoms with Crippen LogP contribution in [0.5, 0.6) is 0 Å². The largest absolute Gasteiger partial charge is 0.435 e.